The van der Waals surface area contributed by atoms with E-state index in [1.54, 1.807) is 0 Å². The molecule has 1 aromatic heterocycles. The highest BCUT2D eigenvalue weighted by atomic mass is 16.2. The SMILES string of the molecule is CCN1CCN(C(=O)c2cc(N3CCCC3)nc(C)n2)CC1. The fraction of sp³-hybridized carbons (Fsp3) is 0.688. The van der Waals surface area contributed by atoms with Gasteiger partial charge >= 0.3 is 0 Å². The van der Waals surface area contributed by atoms with Crippen molar-refractivity contribution >= 4 is 11.7 Å². The molecule has 22 heavy (non-hydrogen) atoms. The van der Waals surface area contributed by atoms with Gasteiger partial charge in [-0.3, -0.25) is 4.79 Å². The number of carbonyl (C=O) groups excluding carboxylic acids is 1. The van der Waals surface area contributed by atoms with Crippen molar-refractivity contribution in [1.29, 1.82) is 0 Å². The van der Waals surface area contributed by atoms with Crippen molar-refractivity contribution in [3.05, 3.63) is 17.6 Å². The van der Waals surface area contributed by atoms with Gasteiger partial charge in [0.2, 0.25) is 0 Å². The van der Waals surface area contributed by atoms with Crippen molar-refractivity contribution in [3.8, 4) is 0 Å². The van der Waals surface area contributed by atoms with Crippen LogP contribution in [-0.4, -0.2) is 71.5 Å². The lowest BCUT2D eigenvalue weighted by atomic mass is 10.2. The molecule has 0 radical (unpaired) electrons. The van der Waals surface area contributed by atoms with Crippen molar-refractivity contribution in [2.24, 2.45) is 0 Å². The normalized spacial score (nSPS) is 19.7. The monoisotopic (exact) mass is 303 g/mol. The van der Waals surface area contributed by atoms with E-state index in [4.69, 9.17) is 0 Å². The third kappa shape index (κ3) is 3.21. The van der Waals surface area contributed by atoms with E-state index in [1.165, 1.54) is 12.8 Å². The van der Waals surface area contributed by atoms with Crippen LogP contribution < -0.4 is 4.90 Å². The molecular weight excluding hydrogens is 278 g/mol. The van der Waals surface area contributed by atoms with E-state index in [1.807, 2.05) is 17.9 Å². The molecule has 2 fully saturated rings. The number of aryl methyl sites for hydroxylation is 1. The Bertz CT molecular complexity index is 533. The van der Waals surface area contributed by atoms with Gasteiger partial charge in [0.15, 0.2) is 0 Å². The van der Waals surface area contributed by atoms with Crippen LogP contribution in [0.1, 0.15) is 36.1 Å². The van der Waals surface area contributed by atoms with Crippen LogP contribution in [0.5, 0.6) is 0 Å². The van der Waals surface area contributed by atoms with Crippen LogP contribution in [0.15, 0.2) is 6.07 Å². The van der Waals surface area contributed by atoms with Gasteiger partial charge < -0.3 is 14.7 Å². The summed E-state index contributed by atoms with van der Waals surface area (Å²) in [6, 6.07) is 1.87. The lowest BCUT2D eigenvalue weighted by Gasteiger charge is -2.34. The van der Waals surface area contributed by atoms with E-state index in [2.05, 4.69) is 26.7 Å². The lowest BCUT2D eigenvalue weighted by Crippen LogP contribution is -2.48. The summed E-state index contributed by atoms with van der Waals surface area (Å²) in [4.78, 5) is 28.1. The summed E-state index contributed by atoms with van der Waals surface area (Å²) in [5, 5.41) is 0. The first-order chi connectivity index (χ1) is 10.7. The Morgan fingerprint density at radius 3 is 2.41 bits per heavy atom. The number of hydrogen-bond donors (Lipinski definition) is 0. The standard InChI is InChI=1S/C16H25N5O/c1-3-19-8-10-21(11-9-19)16(22)14-12-15(18-13(2)17-14)20-6-4-5-7-20/h12H,3-11H2,1-2H3. The Morgan fingerprint density at radius 1 is 1.09 bits per heavy atom. The summed E-state index contributed by atoms with van der Waals surface area (Å²) in [6.07, 6.45) is 2.40. The Morgan fingerprint density at radius 2 is 1.77 bits per heavy atom. The molecule has 0 aromatic carbocycles. The fourth-order valence-corrected chi connectivity index (χ4v) is 3.20. The number of rotatable bonds is 3. The van der Waals surface area contributed by atoms with Crippen molar-refractivity contribution in [2.45, 2.75) is 26.7 Å². The van der Waals surface area contributed by atoms with Gasteiger partial charge in [-0.25, -0.2) is 9.97 Å². The maximum absolute atomic E-state index is 12.7. The molecule has 0 atom stereocenters. The minimum absolute atomic E-state index is 0.0432. The van der Waals surface area contributed by atoms with Gasteiger partial charge in [0.1, 0.15) is 17.3 Å². The number of anilines is 1. The summed E-state index contributed by atoms with van der Waals surface area (Å²) >= 11 is 0. The molecule has 6 heteroatoms. The Hall–Kier alpha value is -1.69. The van der Waals surface area contributed by atoms with Crippen molar-refractivity contribution in [1.82, 2.24) is 19.8 Å². The van der Waals surface area contributed by atoms with Crippen LogP contribution in [0, 0.1) is 6.92 Å². The Labute approximate surface area is 132 Å². The second-order valence-electron chi connectivity index (χ2n) is 6.08. The van der Waals surface area contributed by atoms with E-state index in [-0.39, 0.29) is 5.91 Å². The second-order valence-corrected chi connectivity index (χ2v) is 6.08. The number of aromatic nitrogens is 2. The van der Waals surface area contributed by atoms with Crippen LogP contribution in [0.3, 0.4) is 0 Å². The molecule has 2 saturated heterocycles. The highest BCUT2D eigenvalue weighted by molar-refractivity contribution is 5.93. The molecule has 6 nitrogen and oxygen atoms in total. The average molecular weight is 303 g/mol. The van der Waals surface area contributed by atoms with E-state index in [0.717, 1.165) is 51.6 Å². The third-order valence-electron chi connectivity index (χ3n) is 4.58. The number of carbonyl (C=O) groups is 1. The Balaban J connectivity index is 1.74. The van der Waals surface area contributed by atoms with Crippen molar-refractivity contribution in [2.75, 3.05) is 50.7 Å². The summed E-state index contributed by atoms with van der Waals surface area (Å²) in [7, 11) is 0. The third-order valence-corrected chi connectivity index (χ3v) is 4.58. The number of likely N-dealkylation sites (N-methyl/N-ethyl adjacent to an activating group) is 1. The van der Waals surface area contributed by atoms with Crippen molar-refractivity contribution in [3.63, 3.8) is 0 Å². The highest BCUT2D eigenvalue weighted by Gasteiger charge is 2.24. The Kier molecular flexibility index (Phi) is 4.57. The molecule has 1 amide bonds. The number of hydrogen-bond acceptors (Lipinski definition) is 5. The van der Waals surface area contributed by atoms with Gasteiger partial charge in [-0.05, 0) is 26.3 Å². The minimum Gasteiger partial charge on any atom is -0.356 e. The molecule has 0 N–H and O–H groups in total. The maximum atomic E-state index is 12.7. The molecule has 3 rings (SSSR count). The molecule has 2 aliphatic heterocycles. The van der Waals surface area contributed by atoms with Gasteiger partial charge in [0.25, 0.3) is 5.91 Å². The smallest absolute Gasteiger partial charge is 0.272 e. The number of piperazine rings is 1. The summed E-state index contributed by atoms with van der Waals surface area (Å²) in [5.41, 5.74) is 0.541. The topological polar surface area (TPSA) is 52.6 Å². The van der Waals surface area contributed by atoms with E-state index in [9.17, 15) is 4.79 Å². The fourth-order valence-electron chi connectivity index (χ4n) is 3.20. The molecule has 120 valence electrons. The lowest BCUT2D eigenvalue weighted by molar-refractivity contribution is 0.0637. The first-order valence-corrected chi connectivity index (χ1v) is 8.29. The molecule has 0 unspecified atom stereocenters. The van der Waals surface area contributed by atoms with Gasteiger partial charge in [0.05, 0.1) is 0 Å². The molecular formula is C16H25N5O. The van der Waals surface area contributed by atoms with Crippen LogP contribution >= 0.6 is 0 Å². The predicted molar refractivity (Wildman–Crippen MR) is 86.2 cm³/mol. The molecule has 1 aromatic rings. The first-order valence-electron chi connectivity index (χ1n) is 8.29. The second kappa shape index (κ2) is 6.60. The highest BCUT2D eigenvalue weighted by Crippen LogP contribution is 2.19. The number of nitrogens with zero attached hydrogens (tertiary/aromatic N) is 5. The van der Waals surface area contributed by atoms with Gasteiger partial charge in [-0.1, -0.05) is 6.92 Å². The quantitative estimate of drug-likeness (QED) is 0.839. The first kappa shape index (κ1) is 15.2. The van der Waals surface area contributed by atoms with E-state index >= 15 is 0 Å². The van der Waals surface area contributed by atoms with Gasteiger partial charge in [-0.2, -0.15) is 0 Å². The van der Waals surface area contributed by atoms with Crippen LogP contribution in [-0.2, 0) is 0 Å². The molecule has 3 heterocycles. The van der Waals surface area contributed by atoms with Crippen LogP contribution in [0.2, 0.25) is 0 Å². The average Bonchev–Trinajstić information content (AvgIpc) is 3.08. The van der Waals surface area contributed by atoms with E-state index in [0.29, 0.717) is 11.5 Å². The molecule has 0 spiro atoms. The van der Waals surface area contributed by atoms with Crippen LogP contribution in [0.4, 0.5) is 5.82 Å². The molecule has 0 aliphatic carbocycles. The molecule has 0 bridgehead atoms. The largest absolute Gasteiger partial charge is 0.356 e. The zero-order valence-electron chi connectivity index (χ0n) is 13.6. The zero-order valence-corrected chi connectivity index (χ0v) is 13.6. The van der Waals surface area contributed by atoms with Gasteiger partial charge in [-0.15, -0.1) is 0 Å². The summed E-state index contributed by atoms with van der Waals surface area (Å²) < 4.78 is 0. The van der Waals surface area contributed by atoms with E-state index < -0.39 is 0 Å². The summed E-state index contributed by atoms with van der Waals surface area (Å²) in [5.74, 6) is 1.63. The maximum Gasteiger partial charge on any atom is 0.272 e. The number of amides is 1. The zero-order chi connectivity index (χ0) is 15.5. The summed E-state index contributed by atoms with van der Waals surface area (Å²) in [6.45, 7) is 10.6. The van der Waals surface area contributed by atoms with Crippen molar-refractivity contribution < 1.29 is 4.79 Å². The minimum atomic E-state index is 0.0432. The molecule has 2 aliphatic rings. The molecule has 0 saturated carbocycles. The van der Waals surface area contributed by atoms with Gasteiger partial charge in [0, 0.05) is 45.3 Å². The van der Waals surface area contributed by atoms with Crippen LogP contribution in [0.25, 0.3) is 0 Å². The predicted octanol–water partition coefficient (Wildman–Crippen LogP) is 1.16.